The largest absolute Gasteiger partial charge is 0.449 e. The second-order valence-corrected chi connectivity index (χ2v) is 6.95. The standard InChI is InChI=1S/C20H24N2O6/c1-13(17(23)21-8-3-4-9-21)28-20(26)14-6-7-15-16(12-14)19(25)22(18(15)24)10-5-11-27-2/h6-7,12-13H,3-5,8-11H2,1-2H3/t13-/m1/s1. The van der Waals surface area contributed by atoms with Gasteiger partial charge in [0.25, 0.3) is 17.7 Å². The van der Waals surface area contributed by atoms with Gasteiger partial charge in [0.05, 0.1) is 16.7 Å². The lowest BCUT2D eigenvalue weighted by Gasteiger charge is -2.20. The number of carbonyl (C=O) groups is 4. The van der Waals surface area contributed by atoms with E-state index in [2.05, 4.69) is 0 Å². The van der Waals surface area contributed by atoms with Gasteiger partial charge in [-0.05, 0) is 44.4 Å². The fourth-order valence-electron chi connectivity index (χ4n) is 3.46. The minimum absolute atomic E-state index is 0.139. The maximum atomic E-state index is 12.5. The Morgan fingerprint density at radius 1 is 1.11 bits per heavy atom. The molecule has 0 saturated carbocycles. The number of benzene rings is 1. The molecular weight excluding hydrogens is 364 g/mol. The van der Waals surface area contributed by atoms with E-state index in [1.807, 2.05) is 0 Å². The lowest BCUT2D eigenvalue weighted by Crippen LogP contribution is -2.38. The van der Waals surface area contributed by atoms with Gasteiger partial charge in [-0.3, -0.25) is 19.3 Å². The van der Waals surface area contributed by atoms with Crippen LogP contribution in [0.3, 0.4) is 0 Å². The molecule has 0 bridgehead atoms. The lowest BCUT2D eigenvalue weighted by molar-refractivity contribution is -0.138. The summed E-state index contributed by atoms with van der Waals surface area (Å²) in [5, 5.41) is 0. The monoisotopic (exact) mass is 388 g/mol. The van der Waals surface area contributed by atoms with Crippen LogP contribution in [0, 0.1) is 0 Å². The zero-order chi connectivity index (χ0) is 20.3. The second kappa shape index (κ2) is 8.52. The van der Waals surface area contributed by atoms with Crippen LogP contribution in [0.2, 0.25) is 0 Å². The van der Waals surface area contributed by atoms with Crippen molar-refractivity contribution in [3.8, 4) is 0 Å². The van der Waals surface area contributed by atoms with Gasteiger partial charge >= 0.3 is 5.97 Å². The summed E-state index contributed by atoms with van der Waals surface area (Å²) in [6.07, 6.45) is 1.54. The van der Waals surface area contributed by atoms with Crippen LogP contribution < -0.4 is 0 Å². The summed E-state index contributed by atoms with van der Waals surface area (Å²) >= 11 is 0. The van der Waals surface area contributed by atoms with Gasteiger partial charge < -0.3 is 14.4 Å². The molecule has 2 aliphatic heterocycles. The quantitative estimate of drug-likeness (QED) is 0.399. The summed E-state index contributed by atoms with van der Waals surface area (Å²) in [4.78, 5) is 52.5. The van der Waals surface area contributed by atoms with Crippen LogP contribution in [0.25, 0.3) is 0 Å². The molecule has 2 aliphatic rings. The molecule has 0 aromatic heterocycles. The summed E-state index contributed by atoms with van der Waals surface area (Å²) in [7, 11) is 1.55. The minimum atomic E-state index is -0.901. The number of hydrogen-bond acceptors (Lipinski definition) is 6. The number of nitrogens with zero attached hydrogens (tertiary/aromatic N) is 2. The maximum Gasteiger partial charge on any atom is 0.338 e. The number of esters is 1. The van der Waals surface area contributed by atoms with Crippen LogP contribution in [-0.2, 0) is 14.3 Å². The van der Waals surface area contributed by atoms with Crippen LogP contribution in [-0.4, -0.2) is 72.9 Å². The molecule has 0 radical (unpaired) electrons. The number of methoxy groups -OCH3 is 1. The topological polar surface area (TPSA) is 93.2 Å². The van der Waals surface area contributed by atoms with Gasteiger partial charge in [-0.2, -0.15) is 0 Å². The Balaban J connectivity index is 1.68. The van der Waals surface area contributed by atoms with Gasteiger partial charge in [0.15, 0.2) is 6.10 Å². The normalized spacial score (nSPS) is 17.1. The van der Waals surface area contributed by atoms with Crippen molar-refractivity contribution in [3.63, 3.8) is 0 Å². The van der Waals surface area contributed by atoms with Crippen LogP contribution in [0.15, 0.2) is 18.2 Å². The van der Waals surface area contributed by atoms with Crippen molar-refractivity contribution in [2.75, 3.05) is 33.4 Å². The zero-order valence-electron chi connectivity index (χ0n) is 16.1. The third-order valence-electron chi connectivity index (χ3n) is 4.99. The highest BCUT2D eigenvalue weighted by molar-refractivity contribution is 6.22. The summed E-state index contributed by atoms with van der Waals surface area (Å²) in [5.41, 5.74) is 0.579. The molecule has 8 heteroatoms. The lowest BCUT2D eigenvalue weighted by atomic mass is 10.1. The Hall–Kier alpha value is -2.74. The van der Waals surface area contributed by atoms with Crippen molar-refractivity contribution in [2.45, 2.75) is 32.3 Å². The highest BCUT2D eigenvalue weighted by Gasteiger charge is 2.36. The molecule has 3 amide bonds. The van der Waals surface area contributed by atoms with Crippen molar-refractivity contribution in [2.24, 2.45) is 0 Å². The molecule has 1 atom stereocenters. The summed E-state index contributed by atoms with van der Waals surface area (Å²) < 4.78 is 10.2. The number of amides is 3. The van der Waals surface area contributed by atoms with Gasteiger partial charge in [-0.25, -0.2) is 4.79 Å². The Bertz CT molecular complexity index is 800. The molecule has 0 spiro atoms. The van der Waals surface area contributed by atoms with E-state index < -0.39 is 18.0 Å². The number of carbonyl (C=O) groups excluding carboxylic acids is 4. The molecule has 8 nitrogen and oxygen atoms in total. The van der Waals surface area contributed by atoms with Crippen molar-refractivity contribution in [3.05, 3.63) is 34.9 Å². The minimum Gasteiger partial charge on any atom is -0.449 e. The smallest absolute Gasteiger partial charge is 0.338 e. The number of ether oxygens (including phenoxy) is 2. The van der Waals surface area contributed by atoms with Crippen molar-refractivity contribution in [1.29, 1.82) is 0 Å². The molecule has 3 rings (SSSR count). The maximum absolute atomic E-state index is 12.5. The Kier molecular flexibility index (Phi) is 6.08. The van der Waals surface area contributed by atoms with E-state index >= 15 is 0 Å². The Labute approximate surface area is 163 Å². The van der Waals surface area contributed by atoms with Gasteiger partial charge in [0, 0.05) is 33.4 Å². The molecule has 28 heavy (non-hydrogen) atoms. The molecule has 1 aromatic carbocycles. The average molecular weight is 388 g/mol. The summed E-state index contributed by atoms with van der Waals surface area (Å²) in [6.45, 7) is 3.58. The first-order chi connectivity index (χ1) is 13.4. The number of rotatable bonds is 7. The van der Waals surface area contributed by atoms with E-state index in [1.54, 1.807) is 12.0 Å². The number of fused-ring (bicyclic) bond motifs is 1. The van der Waals surface area contributed by atoms with Crippen molar-refractivity contribution < 1.29 is 28.7 Å². The molecule has 0 N–H and O–H groups in total. The number of hydrogen-bond donors (Lipinski definition) is 0. The first-order valence-corrected chi connectivity index (χ1v) is 9.43. The first kappa shape index (κ1) is 20.0. The summed E-state index contributed by atoms with van der Waals surface area (Å²) in [5.74, 6) is -1.73. The molecule has 1 aromatic rings. The molecule has 1 fully saturated rings. The molecule has 2 heterocycles. The van der Waals surface area contributed by atoms with Gasteiger partial charge in [-0.15, -0.1) is 0 Å². The van der Waals surface area contributed by atoms with Crippen molar-refractivity contribution >= 4 is 23.7 Å². The predicted molar refractivity (Wildman–Crippen MR) is 99.0 cm³/mol. The molecular formula is C20H24N2O6. The fourth-order valence-corrected chi connectivity index (χ4v) is 3.46. The van der Waals surface area contributed by atoms with Gasteiger partial charge in [0.2, 0.25) is 0 Å². The molecule has 0 aliphatic carbocycles. The van der Waals surface area contributed by atoms with Crippen LogP contribution in [0.5, 0.6) is 0 Å². The van der Waals surface area contributed by atoms with Crippen LogP contribution in [0.4, 0.5) is 0 Å². The Morgan fingerprint density at radius 3 is 2.46 bits per heavy atom. The van der Waals surface area contributed by atoms with Crippen LogP contribution in [0.1, 0.15) is 57.3 Å². The Morgan fingerprint density at radius 2 is 1.79 bits per heavy atom. The molecule has 0 unspecified atom stereocenters. The summed E-state index contributed by atoms with van der Waals surface area (Å²) in [6, 6.07) is 4.26. The third-order valence-corrected chi connectivity index (χ3v) is 4.99. The first-order valence-electron chi connectivity index (χ1n) is 9.43. The van der Waals surface area contributed by atoms with E-state index in [0.29, 0.717) is 26.1 Å². The van der Waals surface area contributed by atoms with E-state index in [1.165, 1.54) is 25.1 Å². The second-order valence-electron chi connectivity index (χ2n) is 6.95. The fraction of sp³-hybridized carbons (Fsp3) is 0.500. The zero-order valence-corrected chi connectivity index (χ0v) is 16.1. The highest BCUT2D eigenvalue weighted by Crippen LogP contribution is 2.25. The number of imide groups is 1. The van der Waals surface area contributed by atoms with Gasteiger partial charge in [-0.1, -0.05) is 0 Å². The van der Waals surface area contributed by atoms with E-state index in [9.17, 15) is 19.2 Å². The third kappa shape index (κ3) is 3.91. The van der Waals surface area contributed by atoms with E-state index in [4.69, 9.17) is 9.47 Å². The highest BCUT2D eigenvalue weighted by atomic mass is 16.5. The van der Waals surface area contributed by atoms with E-state index in [-0.39, 0.29) is 35.0 Å². The predicted octanol–water partition coefficient (Wildman–Crippen LogP) is 1.49. The number of likely N-dealkylation sites (tertiary alicyclic amines) is 1. The average Bonchev–Trinajstić information content (AvgIpc) is 3.30. The molecule has 1 saturated heterocycles. The molecule has 150 valence electrons. The van der Waals surface area contributed by atoms with Crippen molar-refractivity contribution in [1.82, 2.24) is 9.80 Å². The van der Waals surface area contributed by atoms with Crippen LogP contribution >= 0.6 is 0 Å². The SMILES string of the molecule is COCCCN1C(=O)c2ccc(C(=O)O[C@H](C)C(=O)N3CCCC3)cc2C1=O. The van der Waals surface area contributed by atoms with Gasteiger partial charge in [0.1, 0.15) is 0 Å². The van der Waals surface area contributed by atoms with E-state index in [0.717, 1.165) is 17.7 Å².